The summed E-state index contributed by atoms with van der Waals surface area (Å²) in [6, 6.07) is 6.85. The van der Waals surface area contributed by atoms with Crippen LogP contribution in [0.25, 0.3) is 0 Å². The number of phenolic OH excluding ortho intramolecular Hbond substituents is 1. The zero-order valence-electron chi connectivity index (χ0n) is 21.0. The molecule has 0 saturated carbocycles. The van der Waals surface area contributed by atoms with Crippen molar-refractivity contribution in [3.63, 3.8) is 0 Å². The number of aromatic hydroxyl groups is 1. The van der Waals surface area contributed by atoms with Crippen molar-refractivity contribution < 1.29 is 27.8 Å². The highest BCUT2D eigenvalue weighted by Gasteiger charge is 2.35. The lowest BCUT2D eigenvalue weighted by molar-refractivity contribution is -0.138. The summed E-state index contributed by atoms with van der Waals surface area (Å²) in [5, 5.41) is 9.89. The van der Waals surface area contributed by atoms with Crippen molar-refractivity contribution in [2.75, 3.05) is 26.7 Å². The second-order valence-electron chi connectivity index (χ2n) is 10.2. The number of hydrogen-bond donors (Lipinski definition) is 1. The Morgan fingerprint density at radius 2 is 1.92 bits per heavy atom. The first-order chi connectivity index (χ1) is 17.1. The molecule has 0 bridgehead atoms. The third-order valence-corrected chi connectivity index (χ3v) is 7.48. The molecule has 36 heavy (non-hydrogen) atoms. The lowest BCUT2D eigenvalue weighted by atomic mass is 9.89. The van der Waals surface area contributed by atoms with E-state index in [9.17, 15) is 23.1 Å². The van der Waals surface area contributed by atoms with E-state index in [0.29, 0.717) is 35.9 Å². The molecule has 9 heteroatoms. The zero-order chi connectivity index (χ0) is 26.0. The number of halogens is 3. The second kappa shape index (κ2) is 10.7. The maximum Gasteiger partial charge on any atom is 0.417 e. The molecule has 1 fully saturated rings. The van der Waals surface area contributed by atoms with E-state index in [1.165, 1.54) is 7.11 Å². The Morgan fingerprint density at radius 1 is 1.19 bits per heavy atom. The van der Waals surface area contributed by atoms with Crippen molar-refractivity contribution in [1.29, 1.82) is 0 Å². The predicted molar refractivity (Wildman–Crippen MR) is 130 cm³/mol. The minimum atomic E-state index is -4.45. The molecule has 1 aromatic carbocycles. The highest BCUT2D eigenvalue weighted by molar-refractivity contribution is 5.79. The fourth-order valence-corrected chi connectivity index (χ4v) is 5.38. The molecule has 1 amide bonds. The van der Waals surface area contributed by atoms with Crippen molar-refractivity contribution in [3.05, 3.63) is 52.8 Å². The molecule has 1 saturated heterocycles. The van der Waals surface area contributed by atoms with E-state index < -0.39 is 11.7 Å². The molecule has 1 N–H and O–H groups in total. The Balaban J connectivity index is 1.37. The molecular weight excluding hydrogens is 471 g/mol. The number of benzene rings is 1. The van der Waals surface area contributed by atoms with Crippen LogP contribution in [0.4, 0.5) is 13.2 Å². The first-order valence-corrected chi connectivity index (χ1v) is 12.5. The number of phenols is 1. The van der Waals surface area contributed by atoms with Crippen LogP contribution in [0.5, 0.6) is 11.5 Å². The van der Waals surface area contributed by atoms with Crippen molar-refractivity contribution >= 4 is 5.91 Å². The van der Waals surface area contributed by atoms with Gasteiger partial charge in [0.2, 0.25) is 5.91 Å². The van der Waals surface area contributed by atoms with Gasteiger partial charge in [-0.2, -0.15) is 13.2 Å². The van der Waals surface area contributed by atoms with Gasteiger partial charge in [-0.1, -0.05) is 19.9 Å². The molecule has 6 nitrogen and oxygen atoms in total. The van der Waals surface area contributed by atoms with Gasteiger partial charge < -0.3 is 14.7 Å². The number of likely N-dealkylation sites (tertiary alicyclic amines) is 1. The van der Waals surface area contributed by atoms with Crippen molar-refractivity contribution in [2.45, 2.75) is 58.3 Å². The molecule has 1 unspecified atom stereocenters. The molecule has 1 atom stereocenters. The largest absolute Gasteiger partial charge is 0.504 e. The van der Waals surface area contributed by atoms with Crippen LogP contribution < -0.4 is 4.74 Å². The number of piperidine rings is 1. The number of aromatic nitrogens is 1. The predicted octanol–water partition coefficient (Wildman–Crippen LogP) is 4.68. The SMILES string of the molecule is COc1cc(CC(C(C)C)N2CCC(C(=O)N3CCc4ncc(C(F)(F)F)cc4C3)CC2)ccc1O. The van der Waals surface area contributed by atoms with E-state index in [1.54, 1.807) is 11.0 Å². The molecule has 3 heterocycles. The molecule has 0 aliphatic carbocycles. The van der Waals surface area contributed by atoms with E-state index in [0.717, 1.165) is 50.2 Å². The van der Waals surface area contributed by atoms with Gasteiger partial charge in [0, 0.05) is 43.4 Å². The molecular formula is C27H34F3N3O3. The number of nitrogens with zero attached hydrogens (tertiary/aromatic N) is 3. The zero-order valence-corrected chi connectivity index (χ0v) is 21.0. The summed E-state index contributed by atoms with van der Waals surface area (Å²) in [7, 11) is 1.53. The van der Waals surface area contributed by atoms with Gasteiger partial charge in [0.1, 0.15) is 0 Å². The molecule has 1 aromatic heterocycles. The fraction of sp³-hybridized carbons (Fsp3) is 0.556. The van der Waals surface area contributed by atoms with E-state index in [-0.39, 0.29) is 30.2 Å². The van der Waals surface area contributed by atoms with Crippen LogP contribution in [0.15, 0.2) is 30.5 Å². The summed E-state index contributed by atoms with van der Waals surface area (Å²) in [5.41, 5.74) is 1.45. The minimum Gasteiger partial charge on any atom is -0.504 e. The topological polar surface area (TPSA) is 65.9 Å². The highest BCUT2D eigenvalue weighted by atomic mass is 19.4. The molecule has 2 aromatic rings. The van der Waals surface area contributed by atoms with Gasteiger partial charge in [0.05, 0.1) is 12.7 Å². The van der Waals surface area contributed by atoms with Gasteiger partial charge in [-0.3, -0.25) is 14.7 Å². The van der Waals surface area contributed by atoms with Crippen molar-refractivity contribution in [1.82, 2.24) is 14.8 Å². The van der Waals surface area contributed by atoms with Gasteiger partial charge in [-0.05, 0) is 67.6 Å². The number of carbonyl (C=O) groups is 1. The molecule has 0 spiro atoms. The van der Waals surface area contributed by atoms with E-state index in [1.807, 2.05) is 12.1 Å². The Labute approximate surface area is 210 Å². The third kappa shape index (κ3) is 5.77. The van der Waals surface area contributed by atoms with Crippen LogP contribution in [0.1, 0.15) is 49.1 Å². The van der Waals surface area contributed by atoms with Gasteiger partial charge in [-0.15, -0.1) is 0 Å². The van der Waals surface area contributed by atoms with Gasteiger partial charge in [0.15, 0.2) is 11.5 Å². The number of pyridine rings is 1. The third-order valence-electron chi connectivity index (χ3n) is 7.48. The highest BCUT2D eigenvalue weighted by Crippen LogP contribution is 2.33. The van der Waals surface area contributed by atoms with Crippen LogP contribution in [0, 0.1) is 11.8 Å². The van der Waals surface area contributed by atoms with Crippen LogP contribution in [0.2, 0.25) is 0 Å². The Bertz CT molecular complexity index is 1080. The van der Waals surface area contributed by atoms with E-state index in [4.69, 9.17) is 4.74 Å². The Hall–Kier alpha value is -2.81. The summed E-state index contributed by atoms with van der Waals surface area (Å²) >= 11 is 0. The van der Waals surface area contributed by atoms with Crippen LogP contribution in [0.3, 0.4) is 0 Å². The second-order valence-corrected chi connectivity index (χ2v) is 10.2. The normalized spacial score (nSPS) is 18.2. The first-order valence-electron chi connectivity index (χ1n) is 12.5. The maximum absolute atomic E-state index is 13.3. The number of rotatable bonds is 6. The van der Waals surface area contributed by atoms with Crippen molar-refractivity contribution in [3.8, 4) is 11.5 Å². The number of amides is 1. The lowest BCUT2D eigenvalue weighted by Crippen LogP contribution is -2.48. The maximum atomic E-state index is 13.3. The number of alkyl halides is 3. The minimum absolute atomic E-state index is 0.0297. The number of fused-ring (bicyclic) bond motifs is 1. The fourth-order valence-electron chi connectivity index (χ4n) is 5.38. The Kier molecular flexibility index (Phi) is 7.78. The first kappa shape index (κ1) is 26.3. The number of ether oxygens (including phenoxy) is 1. The monoisotopic (exact) mass is 505 g/mol. The molecule has 196 valence electrons. The van der Waals surface area contributed by atoms with Crippen LogP contribution >= 0.6 is 0 Å². The molecule has 2 aliphatic rings. The van der Waals surface area contributed by atoms with Crippen molar-refractivity contribution in [2.24, 2.45) is 11.8 Å². The van der Waals surface area contributed by atoms with Crippen LogP contribution in [-0.2, 0) is 30.4 Å². The quantitative estimate of drug-likeness (QED) is 0.618. The summed E-state index contributed by atoms with van der Waals surface area (Å²) in [4.78, 5) is 21.4. The van der Waals surface area contributed by atoms with Crippen LogP contribution in [-0.4, -0.2) is 58.6 Å². The van der Waals surface area contributed by atoms with Gasteiger partial charge >= 0.3 is 6.18 Å². The number of carbonyl (C=O) groups excluding carboxylic acids is 1. The average molecular weight is 506 g/mol. The summed E-state index contributed by atoms with van der Waals surface area (Å²) in [5.74, 6) is 0.878. The lowest BCUT2D eigenvalue weighted by Gasteiger charge is -2.40. The molecule has 4 rings (SSSR count). The van der Waals surface area contributed by atoms with Gasteiger partial charge in [0.25, 0.3) is 0 Å². The number of methoxy groups -OCH3 is 1. The summed E-state index contributed by atoms with van der Waals surface area (Å²) in [6.07, 6.45) is -0.824. The molecule has 0 radical (unpaired) electrons. The summed E-state index contributed by atoms with van der Waals surface area (Å²) in [6.45, 7) is 6.63. The standard InChI is InChI=1S/C27H34F3N3O3/c1-17(2)23(12-18-4-5-24(34)25(13-18)36-3)32-9-6-19(7-10-32)26(35)33-11-8-22-20(16-33)14-21(15-31-22)27(28,29)30/h4-5,13-15,17,19,23,34H,6-12,16H2,1-3H3. The summed E-state index contributed by atoms with van der Waals surface area (Å²) < 4.78 is 44.6. The van der Waals surface area contributed by atoms with E-state index >= 15 is 0 Å². The number of hydrogen-bond acceptors (Lipinski definition) is 5. The average Bonchev–Trinajstić information content (AvgIpc) is 2.86. The van der Waals surface area contributed by atoms with Gasteiger partial charge in [-0.25, -0.2) is 0 Å². The molecule has 2 aliphatic heterocycles. The smallest absolute Gasteiger partial charge is 0.417 e. The Morgan fingerprint density at radius 3 is 2.56 bits per heavy atom. The van der Waals surface area contributed by atoms with E-state index in [2.05, 4.69) is 23.7 Å².